The number of rotatable bonds is 7. The molecule has 30 heavy (non-hydrogen) atoms. The van der Waals surface area contributed by atoms with Crippen LogP contribution in [0.2, 0.25) is 0 Å². The zero-order valence-electron chi connectivity index (χ0n) is 17.6. The van der Waals surface area contributed by atoms with Crippen LogP contribution in [0.4, 0.5) is 4.79 Å². The Morgan fingerprint density at radius 1 is 1.10 bits per heavy atom. The Morgan fingerprint density at radius 3 is 2.67 bits per heavy atom. The van der Waals surface area contributed by atoms with Crippen LogP contribution in [0.3, 0.4) is 0 Å². The number of carbonyl (C=O) groups excluding carboxylic acids is 1. The van der Waals surface area contributed by atoms with Crippen LogP contribution < -0.4 is 15.4 Å². The number of nitrogens with one attached hydrogen (secondary N) is 2. The van der Waals surface area contributed by atoms with E-state index < -0.39 is 0 Å². The third-order valence-electron chi connectivity index (χ3n) is 6.06. The molecule has 2 fully saturated rings. The van der Waals surface area contributed by atoms with E-state index in [-0.39, 0.29) is 12.1 Å². The predicted octanol–water partition coefficient (Wildman–Crippen LogP) is 2.38. The van der Waals surface area contributed by atoms with Gasteiger partial charge >= 0.3 is 6.03 Å². The van der Waals surface area contributed by atoms with Crippen molar-refractivity contribution in [2.24, 2.45) is 5.92 Å². The predicted molar refractivity (Wildman–Crippen MR) is 116 cm³/mol. The minimum Gasteiger partial charge on any atom is -0.497 e. The molecular weight excluding hydrogens is 382 g/mol. The van der Waals surface area contributed by atoms with E-state index in [9.17, 15) is 4.79 Å². The highest BCUT2D eigenvalue weighted by molar-refractivity contribution is 5.84. The topological polar surface area (TPSA) is 72.1 Å². The highest BCUT2D eigenvalue weighted by atomic mass is 16.5. The largest absolute Gasteiger partial charge is 0.497 e. The van der Waals surface area contributed by atoms with Crippen molar-refractivity contribution in [3.05, 3.63) is 42.0 Å². The number of hydrogen-bond acceptors (Lipinski definition) is 5. The van der Waals surface area contributed by atoms with Crippen molar-refractivity contribution in [1.29, 1.82) is 0 Å². The third kappa shape index (κ3) is 5.22. The molecule has 2 heterocycles. The molecule has 0 saturated carbocycles. The second kappa shape index (κ2) is 10.1. The maximum atomic E-state index is 12.5. The molecule has 4 rings (SSSR count). The zero-order valence-corrected chi connectivity index (χ0v) is 17.6. The minimum atomic E-state index is -0.137. The van der Waals surface area contributed by atoms with Crippen LogP contribution in [0.1, 0.15) is 12.0 Å². The number of fused-ring (bicyclic) bond motifs is 1. The van der Waals surface area contributed by atoms with Gasteiger partial charge in [-0.1, -0.05) is 18.2 Å². The van der Waals surface area contributed by atoms with Crippen LogP contribution in [0.15, 0.2) is 36.4 Å². The number of morpholine rings is 1. The number of ether oxygens (including phenoxy) is 3. The molecule has 0 spiro atoms. The summed E-state index contributed by atoms with van der Waals surface area (Å²) in [5.74, 6) is 1.30. The number of carbonyl (C=O) groups is 1. The van der Waals surface area contributed by atoms with Gasteiger partial charge in [0, 0.05) is 44.7 Å². The van der Waals surface area contributed by atoms with Gasteiger partial charge in [-0.05, 0) is 41.0 Å². The number of methoxy groups -OCH3 is 1. The van der Waals surface area contributed by atoms with Crippen LogP contribution in [0, 0.1) is 5.92 Å². The molecule has 2 N–H and O–H groups in total. The standard InChI is InChI=1S/C23H31N3O4/c1-28-21-5-4-18-12-17(2-3-19(18)13-21)14-24-23(27)25-15-22(20-6-9-30-16-20)26-7-10-29-11-8-26/h2-5,12-13,20,22H,6-11,14-16H2,1H3,(H2,24,25,27). The molecule has 0 aliphatic carbocycles. The first-order valence-corrected chi connectivity index (χ1v) is 10.7. The van der Waals surface area contributed by atoms with E-state index in [4.69, 9.17) is 14.2 Å². The van der Waals surface area contributed by atoms with Crippen molar-refractivity contribution in [3.63, 3.8) is 0 Å². The second-order valence-corrected chi connectivity index (χ2v) is 7.95. The molecular formula is C23H31N3O4. The van der Waals surface area contributed by atoms with Gasteiger partial charge in [-0.25, -0.2) is 4.79 Å². The van der Waals surface area contributed by atoms with Crippen LogP contribution in [0.25, 0.3) is 10.8 Å². The van der Waals surface area contributed by atoms with Crippen molar-refractivity contribution >= 4 is 16.8 Å². The van der Waals surface area contributed by atoms with Gasteiger partial charge in [0.25, 0.3) is 0 Å². The van der Waals surface area contributed by atoms with Crippen molar-refractivity contribution in [2.45, 2.75) is 19.0 Å². The normalized spacial score (nSPS) is 20.8. The molecule has 2 amide bonds. The van der Waals surface area contributed by atoms with Crippen LogP contribution >= 0.6 is 0 Å². The number of amides is 2. The Kier molecular flexibility index (Phi) is 7.04. The van der Waals surface area contributed by atoms with E-state index in [0.29, 0.717) is 19.0 Å². The molecule has 2 atom stereocenters. The number of urea groups is 1. The molecule has 7 nitrogen and oxygen atoms in total. The number of hydrogen-bond donors (Lipinski definition) is 2. The summed E-state index contributed by atoms with van der Waals surface area (Å²) in [4.78, 5) is 14.9. The summed E-state index contributed by atoms with van der Waals surface area (Å²) < 4.78 is 16.4. The van der Waals surface area contributed by atoms with Gasteiger partial charge in [0.1, 0.15) is 5.75 Å². The summed E-state index contributed by atoms with van der Waals surface area (Å²) in [5, 5.41) is 8.31. The van der Waals surface area contributed by atoms with Gasteiger partial charge < -0.3 is 24.8 Å². The lowest BCUT2D eigenvalue weighted by molar-refractivity contribution is 0.00212. The van der Waals surface area contributed by atoms with E-state index in [1.54, 1.807) is 7.11 Å². The van der Waals surface area contributed by atoms with Gasteiger partial charge in [0.15, 0.2) is 0 Å². The molecule has 0 bridgehead atoms. The Morgan fingerprint density at radius 2 is 1.90 bits per heavy atom. The first-order valence-electron chi connectivity index (χ1n) is 10.7. The average Bonchev–Trinajstić information content (AvgIpc) is 3.32. The first kappa shape index (κ1) is 20.9. The molecule has 2 saturated heterocycles. The fraction of sp³-hybridized carbons (Fsp3) is 0.522. The quantitative estimate of drug-likeness (QED) is 0.729. The molecule has 2 aromatic carbocycles. The summed E-state index contributed by atoms with van der Waals surface area (Å²) in [7, 11) is 1.67. The summed E-state index contributed by atoms with van der Waals surface area (Å²) in [5.41, 5.74) is 1.07. The highest BCUT2D eigenvalue weighted by Crippen LogP contribution is 2.23. The van der Waals surface area contributed by atoms with Crippen molar-refractivity contribution in [2.75, 3.05) is 53.2 Å². The third-order valence-corrected chi connectivity index (χ3v) is 6.06. The van der Waals surface area contributed by atoms with Gasteiger partial charge in [-0.2, -0.15) is 0 Å². The Balaban J connectivity index is 1.30. The SMILES string of the molecule is COc1ccc2cc(CNC(=O)NCC(C3CCOC3)N3CCOCC3)ccc2c1. The van der Waals surface area contributed by atoms with E-state index in [1.165, 1.54) is 0 Å². The van der Waals surface area contributed by atoms with E-state index in [2.05, 4.69) is 27.7 Å². The molecule has 2 unspecified atom stereocenters. The average molecular weight is 414 g/mol. The fourth-order valence-corrected chi connectivity index (χ4v) is 4.31. The molecule has 0 radical (unpaired) electrons. The Bertz CT molecular complexity index is 847. The van der Waals surface area contributed by atoms with Gasteiger partial charge in [0.05, 0.1) is 26.9 Å². The van der Waals surface area contributed by atoms with Crippen LogP contribution in [-0.2, 0) is 16.0 Å². The molecule has 7 heteroatoms. The van der Waals surface area contributed by atoms with E-state index in [1.807, 2.05) is 24.3 Å². The number of benzene rings is 2. The first-order chi connectivity index (χ1) is 14.7. The van der Waals surface area contributed by atoms with E-state index in [0.717, 1.165) is 68.0 Å². The highest BCUT2D eigenvalue weighted by Gasteiger charge is 2.31. The van der Waals surface area contributed by atoms with Crippen molar-refractivity contribution in [3.8, 4) is 5.75 Å². The Hall–Kier alpha value is -2.35. The molecule has 162 valence electrons. The maximum Gasteiger partial charge on any atom is 0.315 e. The lowest BCUT2D eigenvalue weighted by atomic mass is 9.97. The van der Waals surface area contributed by atoms with Crippen molar-refractivity contribution in [1.82, 2.24) is 15.5 Å². The van der Waals surface area contributed by atoms with Gasteiger partial charge in [-0.3, -0.25) is 4.90 Å². The van der Waals surface area contributed by atoms with E-state index >= 15 is 0 Å². The fourth-order valence-electron chi connectivity index (χ4n) is 4.31. The molecule has 2 aliphatic rings. The van der Waals surface area contributed by atoms with Crippen LogP contribution in [0.5, 0.6) is 5.75 Å². The van der Waals surface area contributed by atoms with Crippen LogP contribution in [-0.4, -0.2) is 70.1 Å². The Labute approximate surface area is 177 Å². The second-order valence-electron chi connectivity index (χ2n) is 7.95. The summed E-state index contributed by atoms with van der Waals surface area (Å²) in [6.07, 6.45) is 1.05. The summed E-state index contributed by atoms with van der Waals surface area (Å²) in [6.45, 7) is 6.02. The van der Waals surface area contributed by atoms with Gasteiger partial charge in [0.2, 0.25) is 0 Å². The zero-order chi connectivity index (χ0) is 20.8. The lowest BCUT2D eigenvalue weighted by Crippen LogP contribution is -2.53. The summed E-state index contributed by atoms with van der Waals surface area (Å²) >= 11 is 0. The molecule has 2 aliphatic heterocycles. The molecule has 2 aromatic rings. The minimum absolute atomic E-state index is 0.137. The van der Waals surface area contributed by atoms with Gasteiger partial charge in [-0.15, -0.1) is 0 Å². The van der Waals surface area contributed by atoms with Crippen molar-refractivity contribution < 1.29 is 19.0 Å². The maximum absolute atomic E-state index is 12.5. The lowest BCUT2D eigenvalue weighted by Gasteiger charge is -2.37. The smallest absolute Gasteiger partial charge is 0.315 e. The molecule has 0 aromatic heterocycles. The summed E-state index contributed by atoms with van der Waals surface area (Å²) in [6, 6.07) is 12.3. The monoisotopic (exact) mass is 413 g/mol. The number of nitrogens with zero attached hydrogens (tertiary/aromatic N) is 1.